The van der Waals surface area contributed by atoms with Crippen LogP contribution in [0.1, 0.15) is 11.1 Å². The number of benzene rings is 3. The van der Waals surface area contributed by atoms with E-state index in [0.29, 0.717) is 23.3 Å². The monoisotopic (exact) mass is 342 g/mol. The molecule has 0 saturated heterocycles. The van der Waals surface area contributed by atoms with Gasteiger partial charge in [0, 0.05) is 5.56 Å². The van der Waals surface area contributed by atoms with E-state index < -0.39 is 0 Å². The highest BCUT2D eigenvalue weighted by molar-refractivity contribution is 5.79. The Morgan fingerprint density at radius 2 is 1.65 bits per heavy atom. The predicted molar refractivity (Wildman–Crippen MR) is 103 cm³/mol. The third-order valence-electron chi connectivity index (χ3n) is 4.40. The molecule has 0 aliphatic carbocycles. The van der Waals surface area contributed by atoms with E-state index in [2.05, 4.69) is 29.0 Å². The lowest BCUT2D eigenvalue weighted by molar-refractivity contribution is 0.305. The fourth-order valence-electron chi connectivity index (χ4n) is 2.87. The molecule has 0 aliphatic rings. The SMILES string of the molecule is Cc1ccccc1COc1ccc(-c2nc3ccccc3c(=O)[nH]2)cc1. The number of hydrogen-bond acceptors (Lipinski definition) is 3. The average Bonchev–Trinajstić information content (AvgIpc) is 2.68. The summed E-state index contributed by atoms with van der Waals surface area (Å²) in [6.45, 7) is 2.60. The van der Waals surface area contributed by atoms with Crippen LogP contribution in [0, 0.1) is 6.92 Å². The minimum absolute atomic E-state index is 0.134. The molecule has 0 fully saturated rings. The lowest BCUT2D eigenvalue weighted by Crippen LogP contribution is -2.09. The Hall–Kier alpha value is -3.40. The molecular weight excluding hydrogens is 324 g/mol. The van der Waals surface area contributed by atoms with E-state index in [1.165, 1.54) is 5.56 Å². The second-order valence-electron chi connectivity index (χ2n) is 6.17. The Morgan fingerprint density at radius 3 is 2.46 bits per heavy atom. The van der Waals surface area contributed by atoms with Gasteiger partial charge in [0.15, 0.2) is 0 Å². The molecule has 4 rings (SSSR count). The van der Waals surface area contributed by atoms with Crippen LogP contribution in [0.15, 0.2) is 77.6 Å². The summed E-state index contributed by atoms with van der Waals surface area (Å²) in [6.07, 6.45) is 0. The number of ether oxygens (including phenoxy) is 1. The van der Waals surface area contributed by atoms with Crippen molar-refractivity contribution in [3.05, 3.63) is 94.3 Å². The number of hydrogen-bond donors (Lipinski definition) is 1. The van der Waals surface area contributed by atoms with Crippen LogP contribution in [0.25, 0.3) is 22.3 Å². The van der Waals surface area contributed by atoms with Gasteiger partial charge in [-0.05, 0) is 54.4 Å². The fraction of sp³-hybridized carbons (Fsp3) is 0.0909. The van der Waals surface area contributed by atoms with Gasteiger partial charge in [0.05, 0.1) is 10.9 Å². The Bertz CT molecular complexity index is 1110. The number of rotatable bonds is 4. The molecule has 4 heteroatoms. The second kappa shape index (κ2) is 6.84. The average molecular weight is 342 g/mol. The quantitative estimate of drug-likeness (QED) is 0.595. The van der Waals surface area contributed by atoms with Crippen molar-refractivity contribution in [3.8, 4) is 17.1 Å². The molecule has 0 saturated carbocycles. The molecule has 0 unspecified atom stereocenters. The number of nitrogens with zero attached hydrogens (tertiary/aromatic N) is 1. The van der Waals surface area contributed by atoms with Gasteiger partial charge < -0.3 is 9.72 Å². The first-order valence-electron chi connectivity index (χ1n) is 8.47. The number of nitrogens with one attached hydrogen (secondary N) is 1. The van der Waals surface area contributed by atoms with Crippen molar-refractivity contribution >= 4 is 10.9 Å². The molecular formula is C22H18N2O2. The van der Waals surface area contributed by atoms with Crippen LogP contribution in [0.3, 0.4) is 0 Å². The highest BCUT2D eigenvalue weighted by atomic mass is 16.5. The van der Waals surface area contributed by atoms with Gasteiger partial charge in [0.1, 0.15) is 18.2 Å². The van der Waals surface area contributed by atoms with E-state index >= 15 is 0 Å². The molecule has 1 N–H and O–H groups in total. The third-order valence-corrected chi connectivity index (χ3v) is 4.40. The summed E-state index contributed by atoms with van der Waals surface area (Å²) >= 11 is 0. The summed E-state index contributed by atoms with van der Waals surface area (Å²) in [4.78, 5) is 19.6. The lowest BCUT2D eigenvalue weighted by atomic mass is 10.1. The van der Waals surface area contributed by atoms with Crippen molar-refractivity contribution in [2.45, 2.75) is 13.5 Å². The Morgan fingerprint density at radius 1 is 0.923 bits per heavy atom. The highest BCUT2D eigenvalue weighted by Crippen LogP contribution is 2.21. The van der Waals surface area contributed by atoms with E-state index in [1.807, 2.05) is 54.6 Å². The first-order chi connectivity index (χ1) is 12.7. The molecule has 0 atom stereocenters. The van der Waals surface area contributed by atoms with Gasteiger partial charge in [0.25, 0.3) is 5.56 Å². The van der Waals surface area contributed by atoms with Crippen LogP contribution in [-0.2, 0) is 6.61 Å². The normalized spacial score (nSPS) is 10.8. The fourth-order valence-corrected chi connectivity index (χ4v) is 2.87. The molecule has 26 heavy (non-hydrogen) atoms. The maximum absolute atomic E-state index is 12.2. The molecule has 0 radical (unpaired) electrons. The van der Waals surface area contributed by atoms with Crippen molar-refractivity contribution < 1.29 is 4.74 Å². The van der Waals surface area contributed by atoms with Crippen molar-refractivity contribution in [1.29, 1.82) is 0 Å². The van der Waals surface area contributed by atoms with Crippen LogP contribution in [0.5, 0.6) is 5.75 Å². The number of aromatic nitrogens is 2. The molecule has 128 valence electrons. The Balaban J connectivity index is 1.56. The summed E-state index contributed by atoms with van der Waals surface area (Å²) in [5.74, 6) is 1.33. The minimum Gasteiger partial charge on any atom is -0.489 e. The summed E-state index contributed by atoms with van der Waals surface area (Å²) in [6, 6.07) is 23.1. The van der Waals surface area contributed by atoms with Crippen molar-refractivity contribution in [2.24, 2.45) is 0 Å². The molecule has 0 aliphatic heterocycles. The zero-order valence-corrected chi connectivity index (χ0v) is 14.4. The maximum atomic E-state index is 12.2. The van der Waals surface area contributed by atoms with E-state index in [1.54, 1.807) is 6.07 Å². The number of fused-ring (bicyclic) bond motifs is 1. The largest absolute Gasteiger partial charge is 0.489 e. The molecule has 0 spiro atoms. The molecule has 1 aromatic heterocycles. The van der Waals surface area contributed by atoms with Gasteiger partial charge in [-0.25, -0.2) is 4.98 Å². The molecule has 0 amide bonds. The van der Waals surface area contributed by atoms with Crippen molar-refractivity contribution in [1.82, 2.24) is 9.97 Å². The summed E-state index contributed by atoms with van der Waals surface area (Å²) in [5, 5.41) is 0.592. The third kappa shape index (κ3) is 3.22. The molecule has 3 aromatic carbocycles. The first kappa shape index (κ1) is 16.1. The molecule has 4 nitrogen and oxygen atoms in total. The zero-order chi connectivity index (χ0) is 17.9. The number of H-pyrrole nitrogens is 1. The number of aryl methyl sites for hydroxylation is 1. The topological polar surface area (TPSA) is 55.0 Å². The van der Waals surface area contributed by atoms with Crippen LogP contribution < -0.4 is 10.3 Å². The summed E-state index contributed by atoms with van der Waals surface area (Å²) in [5.41, 5.74) is 3.77. The Kier molecular flexibility index (Phi) is 4.23. The Labute approximate surface area is 151 Å². The van der Waals surface area contributed by atoms with Gasteiger partial charge in [-0.15, -0.1) is 0 Å². The van der Waals surface area contributed by atoms with Crippen molar-refractivity contribution in [3.63, 3.8) is 0 Å². The molecule has 0 bridgehead atoms. The summed E-state index contributed by atoms with van der Waals surface area (Å²) in [7, 11) is 0. The number of para-hydroxylation sites is 1. The van der Waals surface area contributed by atoms with E-state index in [-0.39, 0.29) is 5.56 Å². The predicted octanol–water partition coefficient (Wildman–Crippen LogP) is 4.48. The lowest BCUT2D eigenvalue weighted by Gasteiger charge is -2.09. The standard InChI is InChI=1S/C22H18N2O2/c1-15-6-2-3-7-17(15)14-26-18-12-10-16(11-13-18)21-23-20-9-5-4-8-19(20)22(25)24-21/h2-13H,14H2,1H3,(H,23,24,25). The minimum atomic E-state index is -0.134. The van der Waals surface area contributed by atoms with Crippen LogP contribution in [0.2, 0.25) is 0 Å². The smallest absolute Gasteiger partial charge is 0.259 e. The number of aromatic amines is 1. The van der Waals surface area contributed by atoms with Gasteiger partial charge in [-0.3, -0.25) is 4.79 Å². The maximum Gasteiger partial charge on any atom is 0.259 e. The van der Waals surface area contributed by atoms with Crippen molar-refractivity contribution in [2.75, 3.05) is 0 Å². The van der Waals surface area contributed by atoms with Crippen LogP contribution in [-0.4, -0.2) is 9.97 Å². The van der Waals surface area contributed by atoms with Gasteiger partial charge in [-0.2, -0.15) is 0 Å². The van der Waals surface area contributed by atoms with Gasteiger partial charge in [0.2, 0.25) is 0 Å². The highest BCUT2D eigenvalue weighted by Gasteiger charge is 2.06. The van der Waals surface area contributed by atoms with E-state index in [0.717, 1.165) is 16.9 Å². The summed E-state index contributed by atoms with van der Waals surface area (Å²) < 4.78 is 5.87. The van der Waals surface area contributed by atoms with Crippen LogP contribution in [0.4, 0.5) is 0 Å². The molecule has 1 heterocycles. The van der Waals surface area contributed by atoms with E-state index in [9.17, 15) is 4.79 Å². The van der Waals surface area contributed by atoms with Gasteiger partial charge in [-0.1, -0.05) is 36.4 Å². The van der Waals surface area contributed by atoms with Gasteiger partial charge >= 0.3 is 0 Å². The zero-order valence-electron chi connectivity index (χ0n) is 14.4. The first-order valence-corrected chi connectivity index (χ1v) is 8.47. The molecule has 4 aromatic rings. The second-order valence-corrected chi connectivity index (χ2v) is 6.17. The van der Waals surface area contributed by atoms with Crippen LogP contribution >= 0.6 is 0 Å². The van der Waals surface area contributed by atoms with E-state index in [4.69, 9.17) is 4.74 Å².